The topological polar surface area (TPSA) is 98.7 Å². The third kappa shape index (κ3) is 3.88. The van der Waals surface area contributed by atoms with E-state index in [1.54, 1.807) is 23.7 Å². The van der Waals surface area contributed by atoms with Crippen LogP contribution in [0.5, 0.6) is 0 Å². The van der Waals surface area contributed by atoms with Gasteiger partial charge in [-0.05, 0) is 38.0 Å². The van der Waals surface area contributed by atoms with Gasteiger partial charge in [0.15, 0.2) is 0 Å². The van der Waals surface area contributed by atoms with Crippen molar-refractivity contribution in [3.63, 3.8) is 0 Å². The molecule has 8 heteroatoms. The van der Waals surface area contributed by atoms with Crippen LogP contribution in [0.2, 0.25) is 0 Å². The van der Waals surface area contributed by atoms with E-state index in [9.17, 15) is 19.5 Å². The van der Waals surface area contributed by atoms with Crippen LogP contribution in [0.1, 0.15) is 60.3 Å². The Balaban J connectivity index is 2.07. The lowest BCUT2D eigenvalue weighted by Crippen LogP contribution is -2.59. The maximum Gasteiger partial charge on any atom is 0.244 e. The molecule has 7 nitrogen and oxygen atoms in total. The molecule has 176 valence electrons. The Morgan fingerprint density at radius 3 is 2.52 bits per heavy atom. The standard InChI is InChI=1S/C23H39N3O4S/c1-7-8-14(5)25-21(29)19-23-13(4)10-16(31-23)17(20(28)24-6)18(23)22(30)26(19)15(11-27)9-12(2)3/h12-19,27H,7-11H2,1-6H3,(H,24,28)(H,25,29)/t13?,14?,15-,16-,17+,18+,19?,23?/m1/s1. The average molecular weight is 454 g/mol. The summed E-state index contributed by atoms with van der Waals surface area (Å²) in [6, 6.07) is -1.09. The molecule has 31 heavy (non-hydrogen) atoms. The van der Waals surface area contributed by atoms with Gasteiger partial charge in [-0.15, -0.1) is 11.8 Å². The first kappa shape index (κ1) is 24.4. The number of aliphatic hydroxyl groups is 1. The van der Waals surface area contributed by atoms with Gasteiger partial charge in [0, 0.05) is 18.3 Å². The molecule has 3 heterocycles. The summed E-state index contributed by atoms with van der Waals surface area (Å²) in [5, 5.41) is 16.2. The third-order valence-corrected chi connectivity index (χ3v) is 9.52. The van der Waals surface area contributed by atoms with Crippen molar-refractivity contribution in [3.8, 4) is 0 Å². The Kier molecular flexibility index (Phi) is 7.31. The molecule has 4 unspecified atom stereocenters. The molecule has 1 spiro atoms. The average Bonchev–Trinajstić information content (AvgIpc) is 3.29. The van der Waals surface area contributed by atoms with Crippen molar-refractivity contribution in [2.75, 3.05) is 13.7 Å². The zero-order chi connectivity index (χ0) is 23.1. The zero-order valence-corrected chi connectivity index (χ0v) is 20.5. The number of fused-ring (bicyclic) bond motifs is 1. The van der Waals surface area contributed by atoms with Gasteiger partial charge in [0.2, 0.25) is 17.7 Å². The number of aliphatic hydroxyl groups excluding tert-OH is 1. The zero-order valence-electron chi connectivity index (χ0n) is 19.7. The van der Waals surface area contributed by atoms with Crippen molar-refractivity contribution >= 4 is 29.5 Å². The van der Waals surface area contributed by atoms with Crippen molar-refractivity contribution < 1.29 is 19.5 Å². The number of likely N-dealkylation sites (tertiary alicyclic amines) is 1. The van der Waals surface area contributed by atoms with E-state index in [0.717, 1.165) is 19.3 Å². The maximum atomic E-state index is 13.9. The summed E-state index contributed by atoms with van der Waals surface area (Å²) in [6.07, 6.45) is 3.26. The van der Waals surface area contributed by atoms with Crippen LogP contribution >= 0.6 is 11.8 Å². The molecule has 3 amide bonds. The smallest absolute Gasteiger partial charge is 0.244 e. The van der Waals surface area contributed by atoms with Crippen molar-refractivity contribution in [2.24, 2.45) is 23.7 Å². The SMILES string of the molecule is CCCC(C)NC(=O)C1N([C@@H](CO)CC(C)C)C(=O)[C@@H]2[C@@H](C(=O)NC)[C@H]3CC(C)C12S3. The molecule has 0 aromatic carbocycles. The summed E-state index contributed by atoms with van der Waals surface area (Å²) >= 11 is 1.67. The number of thioether (sulfide) groups is 1. The number of hydrogen-bond acceptors (Lipinski definition) is 5. The van der Waals surface area contributed by atoms with Gasteiger partial charge in [-0.1, -0.05) is 34.1 Å². The molecule has 3 N–H and O–H groups in total. The van der Waals surface area contributed by atoms with Crippen molar-refractivity contribution in [1.29, 1.82) is 0 Å². The summed E-state index contributed by atoms with van der Waals surface area (Å²) in [4.78, 5) is 42.1. The summed E-state index contributed by atoms with van der Waals surface area (Å²) in [5.74, 6) is -0.945. The third-order valence-electron chi connectivity index (χ3n) is 7.44. The number of nitrogens with zero attached hydrogens (tertiary/aromatic N) is 1. The van der Waals surface area contributed by atoms with Gasteiger partial charge < -0.3 is 20.6 Å². The minimum Gasteiger partial charge on any atom is -0.394 e. The maximum absolute atomic E-state index is 13.9. The van der Waals surface area contributed by atoms with Crippen molar-refractivity contribution in [1.82, 2.24) is 15.5 Å². The van der Waals surface area contributed by atoms with Gasteiger partial charge in [-0.25, -0.2) is 0 Å². The van der Waals surface area contributed by atoms with Crippen molar-refractivity contribution in [3.05, 3.63) is 0 Å². The lowest BCUT2D eigenvalue weighted by atomic mass is 9.66. The monoisotopic (exact) mass is 453 g/mol. The Morgan fingerprint density at radius 1 is 1.29 bits per heavy atom. The lowest BCUT2D eigenvalue weighted by molar-refractivity contribution is -0.143. The van der Waals surface area contributed by atoms with Gasteiger partial charge in [0.1, 0.15) is 6.04 Å². The lowest BCUT2D eigenvalue weighted by Gasteiger charge is -2.40. The molecule has 0 aromatic rings. The van der Waals surface area contributed by atoms with Gasteiger partial charge in [0.25, 0.3) is 0 Å². The molecule has 0 saturated carbocycles. The number of carbonyl (C=O) groups excluding carboxylic acids is 3. The highest BCUT2D eigenvalue weighted by Crippen LogP contribution is 2.68. The van der Waals surface area contributed by atoms with Crippen LogP contribution in [-0.4, -0.2) is 69.5 Å². The van der Waals surface area contributed by atoms with E-state index in [1.807, 2.05) is 6.92 Å². The molecule has 8 atom stereocenters. The predicted octanol–water partition coefficient (Wildman–Crippen LogP) is 1.78. The predicted molar refractivity (Wildman–Crippen MR) is 122 cm³/mol. The fourth-order valence-corrected chi connectivity index (χ4v) is 8.67. The summed E-state index contributed by atoms with van der Waals surface area (Å²) < 4.78 is -0.626. The fourth-order valence-electron chi connectivity index (χ4n) is 6.27. The van der Waals surface area contributed by atoms with E-state index in [-0.39, 0.29) is 47.5 Å². The number of rotatable bonds is 9. The number of hydrogen-bond donors (Lipinski definition) is 3. The normalized spacial score (nSPS) is 35.9. The molecule has 3 fully saturated rings. The van der Waals surface area contributed by atoms with Crippen LogP contribution in [0, 0.1) is 23.7 Å². The summed E-state index contributed by atoms with van der Waals surface area (Å²) in [5.41, 5.74) is 0. The quantitative estimate of drug-likeness (QED) is 0.494. The van der Waals surface area contributed by atoms with E-state index in [1.165, 1.54) is 0 Å². The van der Waals surface area contributed by atoms with E-state index in [4.69, 9.17) is 0 Å². The number of amides is 3. The van der Waals surface area contributed by atoms with Crippen LogP contribution < -0.4 is 10.6 Å². The molecular weight excluding hydrogens is 414 g/mol. The van der Waals surface area contributed by atoms with E-state index >= 15 is 0 Å². The molecular formula is C23H39N3O4S. The fraction of sp³-hybridized carbons (Fsp3) is 0.870. The Hall–Kier alpha value is -1.28. The summed E-state index contributed by atoms with van der Waals surface area (Å²) in [6.45, 7) is 10.1. The highest BCUT2D eigenvalue weighted by atomic mass is 32.2. The molecule has 3 saturated heterocycles. The highest BCUT2D eigenvalue weighted by molar-refractivity contribution is 8.02. The van der Waals surface area contributed by atoms with Gasteiger partial charge in [-0.3, -0.25) is 14.4 Å². The molecule has 0 aromatic heterocycles. The van der Waals surface area contributed by atoms with E-state index < -0.39 is 28.7 Å². The molecule has 3 rings (SSSR count). The summed E-state index contributed by atoms with van der Waals surface area (Å²) in [7, 11) is 1.61. The van der Waals surface area contributed by atoms with E-state index in [0.29, 0.717) is 6.42 Å². The Morgan fingerprint density at radius 2 is 1.97 bits per heavy atom. The van der Waals surface area contributed by atoms with Gasteiger partial charge in [-0.2, -0.15) is 0 Å². The van der Waals surface area contributed by atoms with E-state index in [2.05, 4.69) is 38.3 Å². The first-order valence-corrected chi connectivity index (χ1v) is 12.6. The molecule has 3 aliphatic heterocycles. The number of carbonyl (C=O) groups is 3. The van der Waals surface area contributed by atoms with Gasteiger partial charge >= 0.3 is 0 Å². The minimum atomic E-state index is -0.667. The second-order valence-electron chi connectivity index (χ2n) is 10.1. The molecule has 2 bridgehead atoms. The van der Waals surface area contributed by atoms with Crippen LogP contribution in [0.4, 0.5) is 0 Å². The Labute approximate surface area is 190 Å². The Bertz CT molecular complexity index is 717. The van der Waals surface area contributed by atoms with Crippen LogP contribution in [0.3, 0.4) is 0 Å². The largest absolute Gasteiger partial charge is 0.394 e. The number of nitrogens with one attached hydrogen (secondary N) is 2. The first-order valence-electron chi connectivity index (χ1n) is 11.8. The first-order chi connectivity index (χ1) is 14.6. The van der Waals surface area contributed by atoms with Crippen molar-refractivity contribution in [2.45, 2.75) is 88.4 Å². The van der Waals surface area contributed by atoms with Crippen LogP contribution in [0.15, 0.2) is 0 Å². The van der Waals surface area contributed by atoms with Crippen LogP contribution in [-0.2, 0) is 14.4 Å². The molecule has 0 radical (unpaired) electrons. The second kappa shape index (κ2) is 9.30. The highest BCUT2D eigenvalue weighted by Gasteiger charge is 2.76. The van der Waals surface area contributed by atoms with Crippen LogP contribution in [0.25, 0.3) is 0 Å². The molecule has 0 aliphatic carbocycles. The minimum absolute atomic E-state index is 0.0104. The molecule has 3 aliphatic rings. The van der Waals surface area contributed by atoms with Gasteiger partial charge in [0.05, 0.1) is 29.2 Å². The second-order valence-corrected chi connectivity index (χ2v) is 11.6.